The van der Waals surface area contributed by atoms with E-state index in [0.717, 1.165) is 16.8 Å². The highest BCUT2D eigenvalue weighted by Gasteiger charge is 2.08. The second-order valence-corrected chi connectivity index (χ2v) is 7.08. The summed E-state index contributed by atoms with van der Waals surface area (Å²) in [7, 11) is 1.63. The van der Waals surface area contributed by atoms with Crippen molar-refractivity contribution in [3.8, 4) is 11.5 Å². The van der Waals surface area contributed by atoms with E-state index >= 15 is 0 Å². The number of rotatable bonds is 7. The zero-order valence-electron chi connectivity index (χ0n) is 15.3. The van der Waals surface area contributed by atoms with Crippen molar-refractivity contribution >= 4 is 28.9 Å². The lowest BCUT2D eigenvalue weighted by Gasteiger charge is -2.14. The van der Waals surface area contributed by atoms with Crippen LogP contribution in [0, 0.1) is 6.92 Å². The molecule has 0 aliphatic carbocycles. The van der Waals surface area contributed by atoms with Crippen molar-refractivity contribution in [2.75, 3.05) is 12.4 Å². The van der Waals surface area contributed by atoms with Gasteiger partial charge in [-0.25, -0.2) is 0 Å². The summed E-state index contributed by atoms with van der Waals surface area (Å²) in [5.74, 6) is 1.35. The molecule has 0 heterocycles. The van der Waals surface area contributed by atoms with E-state index < -0.39 is 0 Å². The van der Waals surface area contributed by atoms with E-state index in [2.05, 4.69) is 30.4 Å². The smallest absolute Gasteiger partial charge is 0.161 e. The Bertz CT molecular complexity index is 928. The van der Waals surface area contributed by atoms with Crippen LogP contribution in [0.3, 0.4) is 0 Å². The quantitative estimate of drug-likeness (QED) is 0.489. The standard InChI is InChI=1S/C22H21Cl2NO2/c1-15-4-3-5-19(10-15)25-13-16-6-9-21(22(11-16)26-2)27-14-17-7-8-18(23)12-20(17)24/h3-12,25H,13-14H2,1-2H3. The molecule has 0 saturated carbocycles. The predicted octanol–water partition coefficient (Wildman–Crippen LogP) is 6.50. The van der Waals surface area contributed by atoms with Gasteiger partial charge < -0.3 is 14.8 Å². The molecule has 0 aromatic heterocycles. The van der Waals surface area contributed by atoms with Crippen molar-refractivity contribution in [1.82, 2.24) is 0 Å². The van der Waals surface area contributed by atoms with Crippen LogP contribution in [-0.2, 0) is 13.2 Å². The van der Waals surface area contributed by atoms with Gasteiger partial charge in [0.25, 0.3) is 0 Å². The molecular weight excluding hydrogens is 381 g/mol. The molecule has 0 saturated heterocycles. The Hall–Kier alpha value is -2.36. The minimum Gasteiger partial charge on any atom is -0.493 e. The van der Waals surface area contributed by atoms with Crippen molar-refractivity contribution in [3.05, 3.63) is 87.4 Å². The first-order chi connectivity index (χ1) is 13.0. The molecule has 0 spiro atoms. The van der Waals surface area contributed by atoms with Crippen LogP contribution in [0.1, 0.15) is 16.7 Å². The highest BCUT2D eigenvalue weighted by atomic mass is 35.5. The monoisotopic (exact) mass is 401 g/mol. The summed E-state index contributed by atoms with van der Waals surface area (Å²) in [6.07, 6.45) is 0. The second kappa shape index (κ2) is 9.03. The molecule has 3 rings (SSSR count). The molecule has 0 aliphatic rings. The van der Waals surface area contributed by atoms with Gasteiger partial charge in [0.05, 0.1) is 7.11 Å². The summed E-state index contributed by atoms with van der Waals surface area (Å²) in [6, 6.07) is 19.5. The number of benzene rings is 3. The van der Waals surface area contributed by atoms with E-state index in [1.807, 2.05) is 30.3 Å². The third-order valence-electron chi connectivity index (χ3n) is 4.14. The Morgan fingerprint density at radius 1 is 0.926 bits per heavy atom. The number of nitrogens with one attached hydrogen (secondary N) is 1. The average molecular weight is 402 g/mol. The van der Waals surface area contributed by atoms with Gasteiger partial charge in [-0.05, 0) is 54.4 Å². The van der Waals surface area contributed by atoms with Crippen LogP contribution in [0.5, 0.6) is 11.5 Å². The van der Waals surface area contributed by atoms with Crippen LogP contribution in [0.15, 0.2) is 60.7 Å². The lowest BCUT2D eigenvalue weighted by molar-refractivity contribution is 0.284. The number of anilines is 1. The molecule has 5 heteroatoms. The first kappa shape index (κ1) is 19.4. The first-order valence-corrected chi connectivity index (χ1v) is 9.35. The number of aryl methyl sites for hydroxylation is 1. The molecule has 0 unspecified atom stereocenters. The van der Waals surface area contributed by atoms with Crippen LogP contribution in [0.4, 0.5) is 5.69 Å². The molecule has 0 bridgehead atoms. The third kappa shape index (κ3) is 5.31. The van der Waals surface area contributed by atoms with Gasteiger partial charge in [-0.2, -0.15) is 0 Å². The molecule has 0 radical (unpaired) electrons. The van der Waals surface area contributed by atoms with Crippen molar-refractivity contribution in [2.45, 2.75) is 20.1 Å². The summed E-state index contributed by atoms with van der Waals surface area (Å²) in [5, 5.41) is 4.60. The Morgan fingerprint density at radius 2 is 1.78 bits per heavy atom. The minimum atomic E-state index is 0.341. The number of ether oxygens (including phenoxy) is 2. The maximum absolute atomic E-state index is 6.20. The van der Waals surface area contributed by atoms with Crippen molar-refractivity contribution in [2.24, 2.45) is 0 Å². The molecule has 0 fully saturated rings. The molecule has 140 valence electrons. The highest BCUT2D eigenvalue weighted by Crippen LogP contribution is 2.30. The molecule has 27 heavy (non-hydrogen) atoms. The normalized spacial score (nSPS) is 10.5. The number of methoxy groups -OCH3 is 1. The minimum absolute atomic E-state index is 0.341. The van der Waals surface area contributed by atoms with Crippen molar-refractivity contribution in [3.63, 3.8) is 0 Å². The van der Waals surface area contributed by atoms with Gasteiger partial charge in [0.1, 0.15) is 6.61 Å². The molecule has 3 aromatic carbocycles. The third-order valence-corrected chi connectivity index (χ3v) is 4.73. The zero-order chi connectivity index (χ0) is 19.2. The highest BCUT2D eigenvalue weighted by molar-refractivity contribution is 6.35. The molecule has 0 aliphatic heterocycles. The Morgan fingerprint density at radius 3 is 2.52 bits per heavy atom. The van der Waals surface area contributed by atoms with Crippen molar-refractivity contribution < 1.29 is 9.47 Å². The van der Waals surface area contributed by atoms with E-state index in [1.165, 1.54) is 5.56 Å². The maximum atomic E-state index is 6.20. The molecule has 0 amide bonds. The van der Waals surface area contributed by atoms with Gasteiger partial charge in [-0.15, -0.1) is 0 Å². The van der Waals surface area contributed by atoms with E-state index in [4.69, 9.17) is 32.7 Å². The average Bonchev–Trinajstić information content (AvgIpc) is 2.66. The van der Waals surface area contributed by atoms with Crippen LogP contribution >= 0.6 is 23.2 Å². The maximum Gasteiger partial charge on any atom is 0.161 e. The fourth-order valence-corrected chi connectivity index (χ4v) is 3.16. The lowest BCUT2D eigenvalue weighted by Crippen LogP contribution is -2.02. The SMILES string of the molecule is COc1cc(CNc2cccc(C)c2)ccc1OCc1ccc(Cl)cc1Cl. The van der Waals surface area contributed by atoms with E-state index in [-0.39, 0.29) is 0 Å². The van der Waals surface area contributed by atoms with Gasteiger partial charge in [-0.1, -0.05) is 47.5 Å². The fourth-order valence-electron chi connectivity index (χ4n) is 2.69. The number of hydrogen-bond acceptors (Lipinski definition) is 3. The van der Waals surface area contributed by atoms with Gasteiger partial charge in [-0.3, -0.25) is 0 Å². The lowest BCUT2D eigenvalue weighted by atomic mass is 10.1. The first-order valence-electron chi connectivity index (χ1n) is 8.59. The summed E-state index contributed by atoms with van der Waals surface area (Å²) in [4.78, 5) is 0. The Labute approximate surface area is 169 Å². The van der Waals surface area contributed by atoms with Gasteiger partial charge >= 0.3 is 0 Å². The van der Waals surface area contributed by atoms with Gasteiger partial charge in [0.2, 0.25) is 0 Å². The van der Waals surface area contributed by atoms with Gasteiger partial charge in [0, 0.05) is 27.8 Å². The van der Waals surface area contributed by atoms with Crippen molar-refractivity contribution in [1.29, 1.82) is 0 Å². The summed E-state index contributed by atoms with van der Waals surface area (Å²) in [5.41, 5.74) is 4.28. The predicted molar refractivity (Wildman–Crippen MR) is 112 cm³/mol. The fraction of sp³-hybridized carbons (Fsp3) is 0.182. The molecular formula is C22H21Cl2NO2. The topological polar surface area (TPSA) is 30.5 Å². The molecule has 3 nitrogen and oxygen atoms in total. The van der Waals surface area contributed by atoms with E-state index in [9.17, 15) is 0 Å². The second-order valence-electron chi connectivity index (χ2n) is 6.23. The van der Waals surface area contributed by atoms with Crippen LogP contribution in [-0.4, -0.2) is 7.11 Å². The van der Waals surface area contributed by atoms with E-state index in [1.54, 1.807) is 19.2 Å². The van der Waals surface area contributed by atoms with Crippen LogP contribution in [0.25, 0.3) is 0 Å². The largest absolute Gasteiger partial charge is 0.493 e. The van der Waals surface area contributed by atoms with E-state index in [0.29, 0.717) is 34.7 Å². The molecule has 0 atom stereocenters. The summed E-state index contributed by atoms with van der Waals surface area (Å²) >= 11 is 12.1. The Kier molecular flexibility index (Phi) is 6.49. The number of hydrogen-bond donors (Lipinski definition) is 1. The zero-order valence-corrected chi connectivity index (χ0v) is 16.8. The van der Waals surface area contributed by atoms with Crippen LogP contribution < -0.4 is 14.8 Å². The summed E-state index contributed by atoms with van der Waals surface area (Å²) in [6.45, 7) is 3.11. The van der Waals surface area contributed by atoms with Gasteiger partial charge in [0.15, 0.2) is 11.5 Å². The molecule has 3 aromatic rings. The summed E-state index contributed by atoms with van der Waals surface area (Å²) < 4.78 is 11.4. The van der Waals surface area contributed by atoms with Crippen LogP contribution in [0.2, 0.25) is 10.0 Å². The molecule has 1 N–H and O–H groups in total. The number of halogens is 2. The Balaban J connectivity index is 1.66.